The van der Waals surface area contributed by atoms with Crippen LogP contribution in [0.2, 0.25) is 0 Å². The number of aryl methyl sites for hydroxylation is 1. The van der Waals surface area contributed by atoms with Gasteiger partial charge in [-0.05, 0) is 79.8 Å². The van der Waals surface area contributed by atoms with Gasteiger partial charge in [-0.2, -0.15) is 0 Å². The van der Waals surface area contributed by atoms with Gasteiger partial charge in [0.25, 0.3) is 17.7 Å². The van der Waals surface area contributed by atoms with Crippen molar-refractivity contribution < 1.29 is 28.3 Å². The second kappa shape index (κ2) is 15.7. The van der Waals surface area contributed by atoms with Crippen LogP contribution in [0.15, 0.2) is 60.9 Å². The van der Waals surface area contributed by atoms with Gasteiger partial charge < -0.3 is 25.5 Å². The van der Waals surface area contributed by atoms with Crippen molar-refractivity contribution in [3.05, 3.63) is 100 Å². The molecule has 2 heterocycles. The van der Waals surface area contributed by atoms with Gasteiger partial charge in [0.15, 0.2) is 0 Å². The maximum absolute atomic E-state index is 14.1. The number of carbonyl (C=O) groups is 3. The number of amides is 3. The smallest absolute Gasteiger partial charge is 0.254 e. The van der Waals surface area contributed by atoms with Crippen molar-refractivity contribution in [2.75, 3.05) is 32.7 Å². The maximum atomic E-state index is 14.1. The number of carbonyl (C=O) groups excluding carboxylic acids is 3. The molecule has 1 aliphatic heterocycles. The minimum atomic E-state index is -1.25. The predicted octanol–water partition coefficient (Wildman–Crippen LogP) is 3.75. The molecule has 1 aromatic heterocycles. The lowest BCUT2D eigenvalue weighted by molar-refractivity contribution is 0.0409. The summed E-state index contributed by atoms with van der Waals surface area (Å²) in [7, 11) is 0. The molecular formula is C34H41F2N5O4. The number of benzene rings is 2. The molecule has 240 valence electrons. The zero-order valence-electron chi connectivity index (χ0n) is 25.9. The molecule has 3 atom stereocenters. The molecule has 0 saturated carbocycles. The van der Waals surface area contributed by atoms with E-state index in [-0.39, 0.29) is 35.9 Å². The topological polar surface area (TPSA) is 115 Å². The van der Waals surface area contributed by atoms with Gasteiger partial charge in [0, 0.05) is 67.9 Å². The average molecular weight is 622 g/mol. The van der Waals surface area contributed by atoms with E-state index in [9.17, 15) is 28.3 Å². The number of halogens is 2. The first-order valence-corrected chi connectivity index (χ1v) is 15.4. The first kappa shape index (κ1) is 33.7. The van der Waals surface area contributed by atoms with Gasteiger partial charge in [0.1, 0.15) is 11.6 Å². The van der Waals surface area contributed by atoms with Gasteiger partial charge in [-0.15, -0.1) is 0 Å². The first-order valence-electron chi connectivity index (χ1n) is 15.4. The van der Waals surface area contributed by atoms with Crippen molar-refractivity contribution in [3.63, 3.8) is 0 Å². The van der Waals surface area contributed by atoms with Crippen LogP contribution >= 0.6 is 0 Å². The number of aromatic nitrogens is 1. The van der Waals surface area contributed by atoms with Crippen LogP contribution in [-0.2, 0) is 6.42 Å². The first-order chi connectivity index (χ1) is 21.6. The predicted molar refractivity (Wildman–Crippen MR) is 167 cm³/mol. The largest absolute Gasteiger partial charge is 0.389 e. The Morgan fingerprint density at radius 2 is 1.64 bits per heavy atom. The summed E-state index contributed by atoms with van der Waals surface area (Å²) in [6.45, 7) is 7.91. The summed E-state index contributed by atoms with van der Waals surface area (Å²) < 4.78 is 28.2. The molecule has 4 rings (SSSR count). The molecule has 1 fully saturated rings. The van der Waals surface area contributed by atoms with E-state index >= 15 is 0 Å². The van der Waals surface area contributed by atoms with Crippen molar-refractivity contribution in [3.8, 4) is 0 Å². The highest BCUT2D eigenvalue weighted by molar-refractivity contribution is 6.00. The van der Waals surface area contributed by atoms with Crippen LogP contribution in [-0.4, -0.2) is 88.5 Å². The molecule has 11 heteroatoms. The number of rotatable bonds is 12. The molecule has 0 aliphatic carbocycles. The van der Waals surface area contributed by atoms with E-state index < -0.39 is 35.7 Å². The number of aliphatic hydroxyl groups is 1. The number of pyridine rings is 1. The van der Waals surface area contributed by atoms with Crippen LogP contribution in [0.4, 0.5) is 8.78 Å². The van der Waals surface area contributed by atoms with E-state index in [1.54, 1.807) is 41.0 Å². The Kier molecular flexibility index (Phi) is 11.7. The summed E-state index contributed by atoms with van der Waals surface area (Å²) in [6, 6.07) is 9.55. The Hall–Kier alpha value is -4.22. The highest BCUT2D eigenvalue weighted by Gasteiger charge is 2.34. The number of piperazine rings is 1. The molecule has 1 unspecified atom stereocenters. The van der Waals surface area contributed by atoms with Crippen molar-refractivity contribution in [1.29, 1.82) is 0 Å². The Labute approximate surface area is 262 Å². The van der Waals surface area contributed by atoms with Crippen LogP contribution < -0.4 is 10.6 Å². The second-order valence-corrected chi connectivity index (χ2v) is 11.5. The Balaban J connectivity index is 1.59. The Morgan fingerprint density at radius 1 is 1.00 bits per heavy atom. The lowest BCUT2D eigenvalue weighted by Gasteiger charge is -2.38. The fraction of sp³-hybridized carbons (Fsp3) is 0.412. The molecule has 1 saturated heterocycles. The minimum Gasteiger partial charge on any atom is -0.389 e. The molecule has 9 nitrogen and oxygen atoms in total. The van der Waals surface area contributed by atoms with Crippen LogP contribution in [0.3, 0.4) is 0 Å². The van der Waals surface area contributed by atoms with E-state index in [0.29, 0.717) is 42.9 Å². The van der Waals surface area contributed by atoms with Crippen molar-refractivity contribution in [1.82, 2.24) is 25.4 Å². The van der Waals surface area contributed by atoms with Gasteiger partial charge in [-0.25, -0.2) is 8.78 Å². The quantitative estimate of drug-likeness (QED) is 0.284. The normalized spacial score (nSPS) is 16.1. The molecule has 0 bridgehead atoms. The summed E-state index contributed by atoms with van der Waals surface area (Å²) in [5, 5.41) is 17.7. The number of aliphatic hydroxyl groups excluding tert-OH is 1. The number of nitrogens with one attached hydrogen (secondary N) is 2. The minimum absolute atomic E-state index is 0.0869. The number of hydrogen-bond acceptors (Lipinski definition) is 6. The third kappa shape index (κ3) is 8.92. The summed E-state index contributed by atoms with van der Waals surface area (Å²) in [6.07, 6.45) is 3.32. The van der Waals surface area contributed by atoms with Crippen LogP contribution in [0.25, 0.3) is 0 Å². The summed E-state index contributed by atoms with van der Waals surface area (Å²) >= 11 is 0. The highest BCUT2D eigenvalue weighted by Crippen LogP contribution is 2.18. The standard InChI is InChI=1S/C34H41F2N5O4/c1-4-11-40(12-5-2)34(45)26-15-22(3)14-25(19-26)32(43)39-29(18-23-16-27(35)20-28(36)17-23)31(42)30-21-41(13-10-38-30)33(44)24-6-8-37-9-7-24/h6-9,14-17,19-20,29-31,38,42H,4-5,10-13,18,21H2,1-3H3,(H,39,43)/t29-,30+,31?/m0/s1. The van der Waals surface area contributed by atoms with Gasteiger partial charge in [0.2, 0.25) is 0 Å². The van der Waals surface area contributed by atoms with E-state index in [1.165, 1.54) is 18.5 Å². The third-order valence-corrected chi connectivity index (χ3v) is 7.80. The molecule has 2 aromatic carbocycles. The lowest BCUT2D eigenvalue weighted by atomic mass is 9.94. The number of nitrogens with zero attached hydrogens (tertiary/aromatic N) is 3. The second-order valence-electron chi connectivity index (χ2n) is 11.5. The Morgan fingerprint density at radius 3 is 2.29 bits per heavy atom. The molecule has 3 aromatic rings. The fourth-order valence-corrected chi connectivity index (χ4v) is 5.72. The summed E-state index contributed by atoms with van der Waals surface area (Å²) in [4.78, 5) is 47.4. The summed E-state index contributed by atoms with van der Waals surface area (Å²) in [5.74, 6) is -2.50. The van der Waals surface area contributed by atoms with Crippen LogP contribution in [0.5, 0.6) is 0 Å². The lowest BCUT2D eigenvalue weighted by Crippen LogP contribution is -2.62. The van der Waals surface area contributed by atoms with Gasteiger partial charge in [-0.3, -0.25) is 19.4 Å². The zero-order valence-corrected chi connectivity index (χ0v) is 25.9. The van der Waals surface area contributed by atoms with Gasteiger partial charge in [0.05, 0.1) is 18.2 Å². The van der Waals surface area contributed by atoms with E-state index in [1.807, 2.05) is 13.8 Å². The fourth-order valence-electron chi connectivity index (χ4n) is 5.72. The SMILES string of the molecule is CCCN(CCC)C(=O)c1cc(C)cc(C(=O)N[C@@H](Cc2cc(F)cc(F)c2)C(O)[C@H]2CN(C(=O)c3ccncc3)CCN2)c1. The molecule has 0 radical (unpaired) electrons. The highest BCUT2D eigenvalue weighted by atomic mass is 19.1. The monoisotopic (exact) mass is 621 g/mol. The van der Waals surface area contributed by atoms with Crippen LogP contribution in [0, 0.1) is 18.6 Å². The molecule has 3 N–H and O–H groups in total. The van der Waals surface area contributed by atoms with Crippen molar-refractivity contribution in [2.45, 2.75) is 58.2 Å². The average Bonchev–Trinajstić information content (AvgIpc) is 3.03. The third-order valence-electron chi connectivity index (χ3n) is 7.80. The molecule has 45 heavy (non-hydrogen) atoms. The van der Waals surface area contributed by atoms with Gasteiger partial charge >= 0.3 is 0 Å². The molecule has 3 amide bonds. The number of hydrogen-bond donors (Lipinski definition) is 3. The van der Waals surface area contributed by atoms with Crippen LogP contribution in [0.1, 0.15) is 68.9 Å². The van der Waals surface area contributed by atoms with Crippen molar-refractivity contribution in [2.24, 2.45) is 0 Å². The van der Waals surface area contributed by atoms with Crippen molar-refractivity contribution >= 4 is 17.7 Å². The van der Waals surface area contributed by atoms with E-state index in [0.717, 1.165) is 31.0 Å². The maximum Gasteiger partial charge on any atom is 0.254 e. The van der Waals surface area contributed by atoms with E-state index in [4.69, 9.17) is 0 Å². The molecule has 1 aliphatic rings. The molecular weight excluding hydrogens is 580 g/mol. The zero-order chi connectivity index (χ0) is 32.5. The van der Waals surface area contributed by atoms with Gasteiger partial charge in [-0.1, -0.05) is 13.8 Å². The summed E-state index contributed by atoms with van der Waals surface area (Å²) in [5.41, 5.74) is 2.02. The van der Waals surface area contributed by atoms with E-state index in [2.05, 4.69) is 15.6 Å². The molecule has 0 spiro atoms. The Bertz CT molecular complexity index is 1460.